The van der Waals surface area contributed by atoms with E-state index in [1.54, 1.807) is 0 Å². The Bertz CT molecular complexity index is 328. The van der Waals surface area contributed by atoms with E-state index in [2.05, 4.69) is 4.90 Å². The molecule has 2 fully saturated rings. The predicted octanol–water partition coefficient (Wildman–Crippen LogP) is 1.73. The summed E-state index contributed by atoms with van der Waals surface area (Å²) in [5.74, 6) is 1.10. The van der Waals surface area contributed by atoms with Crippen LogP contribution in [0, 0.1) is 11.3 Å². The number of carbonyl (C=O) groups excluding carboxylic acids is 1. The normalized spacial score (nSPS) is 27.7. The first kappa shape index (κ1) is 15.8. The molecule has 0 bridgehead atoms. The number of hydrogen-bond acceptors (Lipinski definition) is 3. The Morgan fingerprint density at radius 1 is 1.35 bits per heavy atom. The van der Waals surface area contributed by atoms with E-state index in [0.29, 0.717) is 12.3 Å². The van der Waals surface area contributed by atoms with E-state index in [9.17, 15) is 9.90 Å². The zero-order valence-electron chi connectivity index (χ0n) is 13.1. The van der Waals surface area contributed by atoms with Gasteiger partial charge in [0.05, 0.1) is 6.61 Å². The lowest BCUT2D eigenvalue weighted by atomic mass is 9.79. The van der Waals surface area contributed by atoms with Crippen LogP contribution in [-0.2, 0) is 4.79 Å². The van der Waals surface area contributed by atoms with Crippen molar-refractivity contribution in [2.75, 3.05) is 40.3 Å². The highest BCUT2D eigenvalue weighted by Gasteiger charge is 2.37. The summed E-state index contributed by atoms with van der Waals surface area (Å²) < 4.78 is 0. The van der Waals surface area contributed by atoms with Crippen LogP contribution in [0.2, 0.25) is 0 Å². The van der Waals surface area contributed by atoms with Crippen molar-refractivity contribution in [3.8, 4) is 0 Å². The van der Waals surface area contributed by atoms with Crippen LogP contribution >= 0.6 is 0 Å². The monoisotopic (exact) mass is 282 g/mol. The van der Waals surface area contributed by atoms with Gasteiger partial charge in [-0.15, -0.1) is 0 Å². The van der Waals surface area contributed by atoms with Gasteiger partial charge in [0.25, 0.3) is 0 Å². The van der Waals surface area contributed by atoms with Crippen LogP contribution in [0.4, 0.5) is 0 Å². The number of aliphatic hydroxyl groups excluding tert-OH is 1. The van der Waals surface area contributed by atoms with Crippen molar-refractivity contribution in [3.63, 3.8) is 0 Å². The van der Waals surface area contributed by atoms with Gasteiger partial charge < -0.3 is 14.9 Å². The maximum absolute atomic E-state index is 12.4. The standard InChI is InChI=1S/C16H30N2O2/c1-17(2)11-16(13-19)9-4-10-18(12-16)15(20)8-7-14-5-3-6-14/h14,19H,3-13H2,1-2H3/t16-/m1/s1. The second kappa shape index (κ2) is 6.90. The predicted molar refractivity (Wildman–Crippen MR) is 80.5 cm³/mol. The van der Waals surface area contributed by atoms with Gasteiger partial charge in [-0.1, -0.05) is 19.3 Å². The van der Waals surface area contributed by atoms with Crippen molar-refractivity contribution in [2.24, 2.45) is 11.3 Å². The van der Waals surface area contributed by atoms with E-state index >= 15 is 0 Å². The number of amides is 1. The number of piperidine rings is 1. The molecule has 0 radical (unpaired) electrons. The van der Waals surface area contributed by atoms with Gasteiger partial charge in [-0.2, -0.15) is 0 Å². The van der Waals surface area contributed by atoms with Crippen molar-refractivity contribution in [2.45, 2.75) is 44.9 Å². The number of nitrogens with zero attached hydrogens (tertiary/aromatic N) is 2. The molecule has 116 valence electrons. The average molecular weight is 282 g/mol. The van der Waals surface area contributed by atoms with E-state index in [4.69, 9.17) is 0 Å². The first-order chi connectivity index (χ1) is 9.54. The van der Waals surface area contributed by atoms with Crippen molar-refractivity contribution in [1.29, 1.82) is 0 Å². The Hall–Kier alpha value is -0.610. The molecule has 1 amide bonds. The third-order valence-corrected chi connectivity index (χ3v) is 4.99. The molecule has 1 saturated heterocycles. The highest BCUT2D eigenvalue weighted by Crippen LogP contribution is 2.33. The van der Waals surface area contributed by atoms with Gasteiger partial charge in [0.1, 0.15) is 0 Å². The molecular weight excluding hydrogens is 252 g/mol. The maximum atomic E-state index is 12.4. The number of rotatable bonds is 6. The van der Waals surface area contributed by atoms with Crippen LogP contribution in [0.3, 0.4) is 0 Å². The fraction of sp³-hybridized carbons (Fsp3) is 0.938. The van der Waals surface area contributed by atoms with Crippen molar-refractivity contribution >= 4 is 5.91 Å². The van der Waals surface area contributed by atoms with Crippen LogP contribution < -0.4 is 0 Å². The Balaban J connectivity index is 1.85. The summed E-state index contributed by atoms with van der Waals surface area (Å²) in [4.78, 5) is 16.5. The molecule has 1 aliphatic heterocycles. The van der Waals surface area contributed by atoms with Crippen LogP contribution in [0.1, 0.15) is 44.9 Å². The molecule has 0 spiro atoms. The van der Waals surface area contributed by atoms with E-state index in [1.807, 2.05) is 19.0 Å². The third-order valence-electron chi connectivity index (χ3n) is 4.99. The molecule has 1 aliphatic carbocycles. The van der Waals surface area contributed by atoms with Gasteiger partial charge in [-0.3, -0.25) is 4.79 Å². The van der Waals surface area contributed by atoms with Crippen LogP contribution in [0.25, 0.3) is 0 Å². The summed E-state index contributed by atoms with van der Waals surface area (Å²) in [6, 6.07) is 0. The summed E-state index contributed by atoms with van der Waals surface area (Å²) in [7, 11) is 4.07. The van der Waals surface area contributed by atoms with Gasteiger partial charge >= 0.3 is 0 Å². The fourth-order valence-electron chi connectivity index (χ4n) is 3.67. The molecule has 1 atom stereocenters. The van der Waals surface area contributed by atoms with Gasteiger partial charge in [0, 0.05) is 31.5 Å². The topological polar surface area (TPSA) is 43.8 Å². The highest BCUT2D eigenvalue weighted by atomic mass is 16.3. The zero-order chi connectivity index (χ0) is 14.6. The smallest absolute Gasteiger partial charge is 0.222 e. The molecule has 2 aliphatic rings. The Labute approximate surface area is 123 Å². The SMILES string of the molecule is CN(C)C[C@]1(CO)CCCN(C(=O)CCC2CCC2)C1. The lowest BCUT2D eigenvalue weighted by Gasteiger charge is -2.43. The van der Waals surface area contributed by atoms with Gasteiger partial charge in [0.2, 0.25) is 5.91 Å². The minimum Gasteiger partial charge on any atom is -0.396 e. The van der Waals surface area contributed by atoms with Gasteiger partial charge in [0.15, 0.2) is 0 Å². The number of aliphatic hydroxyl groups is 1. The molecule has 0 aromatic rings. The molecule has 1 saturated carbocycles. The first-order valence-electron chi connectivity index (χ1n) is 8.08. The molecule has 0 unspecified atom stereocenters. The number of likely N-dealkylation sites (tertiary alicyclic amines) is 1. The van der Waals surface area contributed by atoms with Crippen LogP contribution in [-0.4, -0.2) is 61.2 Å². The molecule has 0 aromatic carbocycles. The van der Waals surface area contributed by atoms with E-state index in [-0.39, 0.29) is 12.0 Å². The largest absolute Gasteiger partial charge is 0.396 e. The summed E-state index contributed by atoms with van der Waals surface area (Å²) in [5.41, 5.74) is -0.117. The Kier molecular flexibility index (Phi) is 5.44. The van der Waals surface area contributed by atoms with E-state index < -0.39 is 0 Å². The van der Waals surface area contributed by atoms with Gasteiger partial charge in [-0.05, 0) is 39.3 Å². The number of hydrogen-bond donors (Lipinski definition) is 1. The third kappa shape index (κ3) is 3.95. The second-order valence-electron chi connectivity index (χ2n) is 7.15. The molecule has 4 heteroatoms. The fourth-order valence-corrected chi connectivity index (χ4v) is 3.67. The summed E-state index contributed by atoms with van der Waals surface area (Å²) in [5, 5.41) is 9.79. The molecule has 1 N–H and O–H groups in total. The maximum Gasteiger partial charge on any atom is 0.222 e. The molecule has 2 rings (SSSR count). The molecule has 20 heavy (non-hydrogen) atoms. The highest BCUT2D eigenvalue weighted by molar-refractivity contribution is 5.76. The Morgan fingerprint density at radius 2 is 2.10 bits per heavy atom. The van der Waals surface area contributed by atoms with E-state index in [1.165, 1.54) is 19.3 Å². The second-order valence-corrected chi connectivity index (χ2v) is 7.15. The summed E-state index contributed by atoms with van der Waals surface area (Å²) >= 11 is 0. The molecule has 4 nitrogen and oxygen atoms in total. The average Bonchev–Trinajstić information content (AvgIpc) is 2.36. The quantitative estimate of drug-likeness (QED) is 0.807. The molecular formula is C16H30N2O2. The van der Waals surface area contributed by atoms with Crippen LogP contribution in [0.15, 0.2) is 0 Å². The zero-order valence-corrected chi connectivity index (χ0v) is 13.1. The first-order valence-corrected chi connectivity index (χ1v) is 8.08. The van der Waals surface area contributed by atoms with Crippen molar-refractivity contribution in [1.82, 2.24) is 9.80 Å². The van der Waals surface area contributed by atoms with E-state index in [0.717, 1.165) is 44.8 Å². The minimum absolute atomic E-state index is 0.117. The summed E-state index contributed by atoms with van der Waals surface area (Å²) in [6.45, 7) is 2.64. The molecule has 0 aromatic heterocycles. The van der Waals surface area contributed by atoms with Crippen LogP contribution in [0.5, 0.6) is 0 Å². The lowest BCUT2D eigenvalue weighted by molar-refractivity contribution is -0.136. The molecule has 1 heterocycles. The Morgan fingerprint density at radius 3 is 2.65 bits per heavy atom. The van der Waals surface area contributed by atoms with Gasteiger partial charge in [-0.25, -0.2) is 0 Å². The number of carbonyl (C=O) groups is 1. The minimum atomic E-state index is -0.117. The van der Waals surface area contributed by atoms with Crippen molar-refractivity contribution < 1.29 is 9.90 Å². The van der Waals surface area contributed by atoms with Crippen molar-refractivity contribution in [3.05, 3.63) is 0 Å². The lowest BCUT2D eigenvalue weighted by Crippen LogP contribution is -2.52. The summed E-state index contributed by atoms with van der Waals surface area (Å²) in [6.07, 6.45) is 7.78.